The average Bonchev–Trinajstić information content (AvgIpc) is 3.40. The first-order valence-corrected chi connectivity index (χ1v) is 19.3. The first-order valence-electron chi connectivity index (χ1n) is 17.1. The van der Waals surface area contributed by atoms with Crippen molar-refractivity contribution in [2.75, 3.05) is 29.9 Å². The van der Waals surface area contributed by atoms with E-state index in [2.05, 4.69) is 108 Å². The Morgan fingerprint density at radius 2 is 1.67 bits per heavy atom. The van der Waals surface area contributed by atoms with Gasteiger partial charge in [0.15, 0.2) is 11.5 Å². The van der Waals surface area contributed by atoms with Gasteiger partial charge in [-0.3, -0.25) is 9.35 Å². The van der Waals surface area contributed by atoms with Crippen molar-refractivity contribution in [2.24, 2.45) is 0 Å². The van der Waals surface area contributed by atoms with Gasteiger partial charge in [-0.2, -0.15) is 27.9 Å². The molecular formula is C38H45Cl2N6O4S+. The van der Waals surface area contributed by atoms with Crippen LogP contribution in [-0.2, 0) is 25.7 Å². The Kier molecular flexibility index (Phi) is 11.6. The lowest BCUT2D eigenvalue weighted by Gasteiger charge is -2.25. The van der Waals surface area contributed by atoms with Gasteiger partial charge in [0.1, 0.15) is 6.54 Å². The number of nitrogens with zero attached hydrogens (tertiary/aromatic N) is 5. The van der Waals surface area contributed by atoms with E-state index < -0.39 is 15.5 Å². The van der Waals surface area contributed by atoms with Gasteiger partial charge in [-0.15, -0.1) is 0 Å². The molecule has 0 spiro atoms. The van der Waals surface area contributed by atoms with Crippen LogP contribution in [0, 0.1) is 6.92 Å². The van der Waals surface area contributed by atoms with Gasteiger partial charge >= 0.3 is 0 Å². The van der Waals surface area contributed by atoms with Crippen molar-refractivity contribution in [3.63, 3.8) is 0 Å². The number of benzene rings is 2. The Hall–Kier alpha value is -3.90. The monoisotopic (exact) mass is 751 g/mol. The van der Waals surface area contributed by atoms with Crippen LogP contribution in [0.5, 0.6) is 0 Å². The SMILES string of the molecule is CCN1C(=CC=CC=CC2=[N+](CCCCCC(=O)CNc3nc(Cl)nc(Cl)n3)c3ccc(S(=O)(=O)O)cc3C2(C)C)C(C)(C)c2cc(C)ccc21. The van der Waals surface area contributed by atoms with Crippen molar-refractivity contribution in [3.8, 4) is 0 Å². The van der Waals surface area contributed by atoms with E-state index in [1.807, 2.05) is 12.2 Å². The van der Waals surface area contributed by atoms with Crippen molar-refractivity contribution in [2.45, 2.75) is 83.0 Å². The zero-order valence-electron chi connectivity index (χ0n) is 29.9. The first-order chi connectivity index (χ1) is 24.0. The minimum atomic E-state index is -4.37. The third kappa shape index (κ3) is 8.43. The van der Waals surface area contributed by atoms with Gasteiger partial charge in [0.05, 0.1) is 16.9 Å². The molecule has 2 aromatic carbocycles. The molecule has 2 aliphatic heterocycles. The molecule has 1 aromatic heterocycles. The molecule has 2 aliphatic rings. The lowest BCUT2D eigenvalue weighted by atomic mass is 9.81. The second kappa shape index (κ2) is 15.4. The normalized spacial score (nSPS) is 17.2. The number of rotatable bonds is 14. The number of hydrogen-bond donors (Lipinski definition) is 2. The summed E-state index contributed by atoms with van der Waals surface area (Å²) in [5.41, 5.74) is 7.13. The van der Waals surface area contributed by atoms with Crippen LogP contribution in [0.15, 0.2) is 77.4 Å². The Balaban J connectivity index is 1.30. The number of aromatic nitrogens is 3. The predicted octanol–water partition coefficient (Wildman–Crippen LogP) is 8.17. The van der Waals surface area contributed by atoms with E-state index >= 15 is 0 Å². The third-order valence-corrected chi connectivity index (χ3v) is 10.8. The summed E-state index contributed by atoms with van der Waals surface area (Å²) in [5, 5.41) is 2.73. The summed E-state index contributed by atoms with van der Waals surface area (Å²) in [6.07, 6.45) is 13.1. The summed E-state index contributed by atoms with van der Waals surface area (Å²) >= 11 is 11.6. The molecule has 0 bridgehead atoms. The molecule has 0 amide bonds. The lowest BCUT2D eigenvalue weighted by Crippen LogP contribution is -2.28. The standard InChI is InChI=1S/C38H44Cl2N6O4S/c1-7-45-30-19-17-25(2)22-28(30)37(3,4)32(45)15-11-8-12-16-33-38(5,6)29-23-27(51(48,49)50)18-20-31(29)46(33)21-13-9-10-14-26(47)24-41-36-43-34(39)42-35(40)44-36/h8,11-12,15-20,22-23H,7,9-10,13-14,21,24H2,1-6H3,(H-,41,42,43,44,48,49,50)/p+1. The number of Topliss-reactive ketones (excluding diaryl/α,β-unsaturated/α-hetero) is 1. The molecule has 51 heavy (non-hydrogen) atoms. The number of nitrogens with one attached hydrogen (secondary N) is 1. The molecule has 0 fully saturated rings. The summed E-state index contributed by atoms with van der Waals surface area (Å²) in [6.45, 7) is 14.5. The third-order valence-electron chi connectivity index (χ3n) is 9.62. The Morgan fingerprint density at radius 1 is 0.941 bits per heavy atom. The number of carbonyl (C=O) groups is 1. The van der Waals surface area contributed by atoms with Crippen LogP contribution in [0.2, 0.25) is 10.6 Å². The topological polar surface area (TPSA) is 128 Å². The van der Waals surface area contributed by atoms with Crippen molar-refractivity contribution < 1.29 is 22.3 Å². The summed E-state index contributed by atoms with van der Waals surface area (Å²) in [5.74, 6) is 0.154. The summed E-state index contributed by atoms with van der Waals surface area (Å²) in [4.78, 5) is 26.3. The van der Waals surface area contributed by atoms with Crippen LogP contribution >= 0.6 is 23.2 Å². The van der Waals surface area contributed by atoms with Crippen LogP contribution in [0.1, 0.15) is 77.0 Å². The quantitative estimate of drug-likeness (QED) is 0.0726. The number of hydrogen-bond acceptors (Lipinski definition) is 8. The highest BCUT2D eigenvalue weighted by atomic mass is 35.5. The van der Waals surface area contributed by atoms with Crippen molar-refractivity contribution >= 4 is 62.1 Å². The average molecular weight is 753 g/mol. The highest BCUT2D eigenvalue weighted by Gasteiger charge is 2.45. The Bertz CT molecular complexity index is 2050. The maximum atomic E-state index is 12.5. The number of fused-ring (bicyclic) bond motifs is 2. The Morgan fingerprint density at radius 3 is 2.35 bits per heavy atom. The highest BCUT2D eigenvalue weighted by molar-refractivity contribution is 7.85. The summed E-state index contributed by atoms with van der Waals surface area (Å²) in [6, 6.07) is 11.4. The minimum absolute atomic E-state index is 0.00651. The lowest BCUT2D eigenvalue weighted by molar-refractivity contribution is -0.438. The summed E-state index contributed by atoms with van der Waals surface area (Å²) < 4.78 is 36.1. The van der Waals surface area contributed by atoms with Crippen molar-refractivity contribution in [3.05, 3.63) is 99.7 Å². The zero-order valence-corrected chi connectivity index (χ0v) is 32.2. The van der Waals surface area contributed by atoms with Crippen LogP contribution in [0.4, 0.5) is 17.3 Å². The van der Waals surface area contributed by atoms with Gasteiger partial charge in [0, 0.05) is 53.9 Å². The van der Waals surface area contributed by atoms with E-state index in [0.29, 0.717) is 19.4 Å². The molecule has 0 saturated heterocycles. The number of allylic oxidation sites excluding steroid dienone is 6. The molecule has 0 aliphatic carbocycles. The van der Waals surface area contributed by atoms with E-state index in [9.17, 15) is 17.8 Å². The number of carbonyl (C=O) groups excluding carboxylic acids is 1. The number of anilines is 2. The number of halogens is 2. The fourth-order valence-electron chi connectivity index (χ4n) is 6.98. The second-order valence-corrected chi connectivity index (χ2v) is 16.0. The molecule has 13 heteroatoms. The minimum Gasteiger partial charge on any atom is -0.347 e. The molecule has 0 atom stereocenters. The molecule has 0 saturated carbocycles. The smallest absolute Gasteiger partial charge is 0.294 e. The van der Waals surface area contributed by atoms with E-state index in [-0.39, 0.29) is 39.2 Å². The molecule has 0 radical (unpaired) electrons. The van der Waals surface area contributed by atoms with Gasteiger partial charge in [-0.05, 0) is 93.6 Å². The van der Waals surface area contributed by atoms with Gasteiger partial charge in [0.25, 0.3) is 10.1 Å². The van der Waals surface area contributed by atoms with Gasteiger partial charge in [0.2, 0.25) is 22.2 Å². The molecule has 3 heterocycles. The maximum absolute atomic E-state index is 12.5. The fraction of sp³-hybridized carbons (Fsp3) is 0.395. The number of likely N-dealkylation sites (N-methyl/N-ethyl adjacent to an activating group) is 1. The predicted molar refractivity (Wildman–Crippen MR) is 204 cm³/mol. The number of unbranched alkanes of at least 4 members (excludes halogenated alkanes) is 2. The molecule has 5 rings (SSSR count). The second-order valence-electron chi connectivity index (χ2n) is 13.9. The molecule has 10 nitrogen and oxygen atoms in total. The van der Waals surface area contributed by atoms with E-state index in [0.717, 1.165) is 36.3 Å². The largest absolute Gasteiger partial charge is 0.347 e. The van der Waals surface area contributed by atoms with Crippen molar-refractivity contribution in [1.29, 1.82) is 0 Å². The van der Waals surface area contributed by atoms with Gasteiger partial charge in [-0.1, -0.05) is 49.8 Å². The molecule has 0 unspecified atom stereocenters. The summed E-state index contributed by atoms with van der Waals surface area (Å²) in [7, 11) is -4.37. The maximum Gasteiger partial charge on any atom is 0.294 e. The number of ketones is 1. The van der Waals surface area contributed by atoms with Crippen molar-refractivity contribution in [1.82, 2.24) is 15.0 Å². The zero-order chi connectivity index (χ0) is 37.1. The van der Waals surface area contributed by atoms with E-state index in [1.54, 1.807) is 12.1 Å². The van der Waals surface area contributed by atoms with Crippen LogP contribution in [-0.4, -0.2) is 63.6 Å². The molecule has 2 N–H and O–H groups in total. The Labute approximate surface area is 310 Å². The molecule has 3 aromatic rings. The molecule has 270 valence electrons. The van der Waals surface area contributed by atoms with Crippen LogP contribution < -0.4 is 10.2 Å². The highest BCUT2D eigenvalue weighted by Crippen LogP contribution is 2.48. The number of aryl methyl sites for hydroxylation is 1. The van der Waals surface area contributed by atoms with E-state index in [4.69, 9.17) is 23.2 Å². The molecular weight excluding hydrogens is 707 g/mol. The van der Waals surface area contributed by atoms with Gasteiger partial charge in [-0.25, -0.2) is 0 Å². The van der Waals surface area contributed by atoms with Crippen LogP contribution in [0.25, 0.3) is 0 Å². The fourth-order valence-corrected chi connectivity index (χ4v) is 7.85. The van der Waals surface area contributed by atoms with Crippen LogP contribution in [0.3, 0.4) is 0 Å². The van der Waals surface area contributed by atoms with E-state index in [1.165, 1.54) is 28.6 Å². The first kappa shape index (κ1) is 38.3. The van der Waals surface area contributed by atoms with Gasteiger partial charge < -0.3 is 10.2 Å².